The molecule has 90 valence electrons. The Hall–Kier alpha value is -1.31. The number of piperidine rings is 1. The first kappa shape index (κ1) is 12.2. The standard InChI is InChI=1S/C13H16N2OS/c14-6-4-5-12-9-11(10-17-12)13(16)15-7-2-1-3-8-15/h9-10H,1-3,6-8,14H2. The Bertz CT molecular complexity index is 449. The average Bonchev–Trinajstić information content (AvgIpc) is 2.85. The van der Waals surface area contributed by atoms with Crippen molar-refractivity contribution in [2.75, 3.05) is 19.6 Å². The Kier molecular flexibility index (Phi) is 4.18. The summed E-state index contributed by atoms with van der Waals surface area (Å²) in [6.45, 7) is 2.13. The van der Waals surface area contributed by atoms with Gasteiger partial charge in [0.2, 0.25) is 0 Å². The Balaban J connectivity index is 2.06. The highest BCUT2D eigenvalue weighted by atomic mass is 32.1. The molecule has 0 aliphatic carbocycles. The lowest BCUT2D eigenvalue weighted by molar-refractivity contribution is 0.0725. The molecule has 2 N–H and O–H groups in total. The van der Waals surface area contributed by atoms with E-state index in [0.717, 1.165) is 36.4 Å². The minimum atomic E-state index is 0.141. The maximum absolute atomic E-state index is 12.1. The highest BCUT2D eigenvalue weighted by Crippen LogP contribution is 2.18. The molecule has 1 aliphatic heterocycles. The van der Waals surface area contributed by atoms with Crippen LogP contribution in [0.15, 0.2) is 11.4 Å². The van der Waals surface area contributed by atoms with Crippen molar-refractivity contribution in [1.82, 2.24) is 4.90 Å². The van der Waals surface area contributed by atoms with Crippen molar-refractivity contribution in [2.45, 2.75) is 19.3 Å². The van der Waals surface area contributed by atoms with Gasteiger partial charge in [0.15, 0.2) is 0 Å². The van der Waals surface area contributed by atoms with E-state index in [4.69, 9.17) is 5.73 Å². The summed E-state index contributed by atoms with van der Waals surface area (Å²) in [6, 6.07) is 1.87. The number of thiophene rings is 1. The first-order chi connectivity index (χ1) is 8.31. The number of nitrogens with zero attached hydrogens (tertiary/aromatic N) is 1. The van der Waals surface area contributed by atoms with Gasteiger partial charge in [0.25, 0.3) is 5.91 Å². The summed E-state index contributed by atoms with van der Waals surface area (Å²) < 4.78 is 0. The number of nitrogens with two attached hydrogens (primary N) is 1. The quantitative estimate of drug-likeness (QED) is 0.769. The van der Waals surface area contributed by atoms with E-state index in [1.807, 2.05) is 16.3 Å². The number of likely N-dealkylation sites (tertiary alicyclic amines) is 1. The first-order valence-corrected chi connectivity index (χ1v) is 6.76. The molecule has 0 bridgehead atoms. The van der Waals surface area contributed by atoms with Crippen molar-refractivity contribution in [2.24, 2.45) is 5.73 Å². The van der Waals surface area contributed by atoms with E-state index in [1.165, 1.54) is 17.8 Å². The van der Waals surface area contributed by atoms with Gasteiger partial charge in [0, 0.05) is 18.5 Å². The predicted molar refractivity (Wildman–Crippen MR) is 70.0 cm³/mol. The van der Waals surface area contributed by atoms with Crippen LogP contribution in [-0.4, -0.2) is 30.4 Å². The summed E-state index contributed by atoms with van der Waals surface area (Å²) in [5.41, 5.74) is 6.08. The van der Waals surface area contributed by atoms with E-state index >= 15 is 0 Å². The molecule has 1 fully saturated rings. The fraction of sp³-hybridized carbons (Fsp3) is 0.462. The van der Waals surface area contributed by atoms with Crippen LogP contribution in [0.1, 0.15) is 34.5 Å². The Morgan fingerprint density at radius 1 is 1.41 bits per heavy atom. The van der Waals surface area contributed by atoms with Crippen molar-refractivity contribution in [3.8, 4) is 11.8 Å². The molecule has 1 aliphatic rings. The van der Waals surface area contributed by atoms with Crippen LogP contribution < -0.4 is 5.73 Å². The number of hydrogen-bond donors (Lipinski definition) is 1. The van der Waals surface area contributed by atoms with Crippen molar-refractivity contribution in [1.29, 1.82) is 0 Å². The van der Waals surface area contributed by atoms with Crippen LogP contribution in [-0.2, 0) is 0 Å². The van der Waals surface area contributed by atoms with Crippen LogP contribution in [0.25, 0.3) is 0 Å². The van der Waals surface area contributed by atoms with Gasteiger partial charge >= 0.3 is 0 Å². The highest BCUT2D eigenvalue weighted by molar-refractivity contribution is 7.10. The van der Waals surface area contributed by atoms with E-state index in [0.29, 0.717) is 6.54 Å². The molecule has 0 radical (unpaired) electrons. The first-order valence-electron chi connectivity index (χ1n) is 5.88. The van der Waals surface area contributed by atoms with Crippen molar-refractivity contribution in [3.05, 3.63) is 21.9 Å². The van der Waals surface area contributed by atoms with Gasteiger partial charge in [0.1, 0.15) is 0 Å². The summed E-state index contributed by atoms with van der Waals surface area (Å²) in [4.78, 5) is 15.0. The molecule has 1 aromatic rings. The molecule has 3 nitrogen and oxygen atoms in total. The van der Waals surface area contributed by atoms with Crippen LogP contribution in [0.5, 0.6) is 0 Å². The van der Waals surface area contributed by atoms with E-state index in [1.54, 1.807) is 0 Å². The van der Waals surface area contributed by atoms with Gasteiger partial charge in [-0.2, -0.15) is 0 Å². The van der Waals surface area contributed by atoms with E-state index in [2.05, 4.69) is 11.8 Å². The van der Waals surface area contributed by atoms with Crippen LogP contribution >= 0.6 is 11.3 Å². The number of rotatable bonds is 1. The van der Waals surface area contributed by atoms with Crippen molar-refractivity contribution in [3.63, 3.8) is 0 Å². The highest BCUT2D eigenvalue weighted by Gasteiger charge is 2.18. The molecule has 0 unspecified atom stereocenters. The van der Waals surface area contributed by atoms with E-state index in [9.17, 15) is 4.79 Å². The van der Waals surface area contributed by atoms with Gasteiger partial charge in [0.05, 0.1) is 17.0 Å². The van der Waals surface area contributed by atoms with Crippen LogP contribution in [0, 0.1) is 11.8 Å². The zero-order chi connectivity index (χ0) is 12.1. The molecule has 17 heavy (non-hydrogen) atoms. The topological polar surface area (TPSA) is 46.3 Å². The van der Waals surface area contributed by atoms with E-state index in [-0.39, 0.29) is 5.91 Å². The summed E-state index contributed by atoms with van der Waals surface area (Å²) >= 11 is 1.51. The molecule has 1 saturated heterocycles. The minimum absolute atomic E-state index is 0.141. The Labute approximate surface area is 106 Å². The van der Waals surface area contributed by atoms with Gasteiger partial charge in [-0.1, -0.05) is 11.8 Å². The summed E-state index contributed by atoms with van der Waals surface area (Å²) in [5, 5.41) is 1.89. The van der Waals surface area contributed by atoms with Crippen LogP contribution in [0.4, 0.5) is 0 Å². The number of hydrogen-bond acceptors (Lipinski definition) is 3. The lowest BCUT2D eigenvalue weighted by Gasteiger charge is -2.26. The molecule has 2 heterocycles. The van der Waals surface area contributed by atoms with E-state index < -0.39 is 0 Å². The maximum atomic E-state index is 12.1. The second-order valence-electron chi connectivity index (χ2n) is 4.06. The smallest absolute Gasteiger partial charge is 0.254 e. The predicted octanol–water partition coefficient (Wildman–Crippen LogP) is 1.68. The summed E-state index contributed by atoms with van der Waals surface area (Å²) in [7, 11) is 0. The molecule has 0 spiro atoms. The monoisotopic (exact) mass is 248 g/mol. The molecular formula is C13H16N2OS. The van der Waals surface area contributed by atoms with Gasteiger partial charge in [-0.3, -0.25) is 4.79 Å². The third-order valence-corrected chi connectivity index (χ3v) is 3.65. The summed E-state index contributed by atoms with van der Waals surface area (Å²) in [6.07, 6.45) is 3.48. The molecule has 2 rings (SSSR count). The minimum Gasteiger partial charge on any atom is -0.339 e. The second kappa shape index (κ2) is 5.85. The third-order valence-electron chi connectivity index (χ3n) is 2.80. The molecule has 0 saturated carbocycles. The SMILES string of the molecule is NCC#Cc1cc(C(=O)N2CCCCC2)cs1. The molecule has 0 aromatic carbocycles. The van der Waals surface area contributed by atoms with Gasteiger partial charge in [-0.15, -0.1) is 11.3 Å². The largest absolute Gasteiger partial charge is 0.339 e. The van der Waals surface area contributed by atoms with Crippen molar-refractivity contribution < 1.29 is 4.79 Å². The zero-order valence-electron chi connectivity index (χ0n) is 9.74. The molecule has 4 heteroatoms. The zero-order valence-corrected chi connectivity index (χ0v) is 10.6. The fourth-order valence-electron chi connectivity index (χ4n) is 1.93. The number of carbonyl (C=O) groups excluding carboxylic acids is 1. The molecule has 1 aromatic heterocycles. The fourth-order valence-corrected chi connectivity index (χ4v) is 2.68. The van der Waals surface area contributed by atoms with Gasteiger partial charge in [-0.25, -0.2) is 0 Å². The second-order valence-corrected chi connectivity index (χ2v) is 4.97. The normalized spacial score (nSPS) is 15.2. The molecular weight excluding hydrogens is 232 g/mol. The average molecular weight is 248 g/mol. The Morgan fingerprint density at radius 2 is 2.18 bits per heavy atom. The lowest BCUT2D eigenvalue weighted by Crippen LogP contribution is -2.35. The van der Waals surface area contributed by atoms with Crippen LogP contribution in [0.2, 0.25) is 0 Å². The molecule has 1 amide bonds. The van der Waals surface area contributed by atoms with Gasteiger partial charge < -0.3 is 10.6 Å². The third kappa shape index (κ3) is 3.09. The lowest BCUT2D eigenvalue weighted by atomic mass is 10.1. The maximum Gasteiger partial charge on any atom is 0.254 e. The summed E-state index contributed by atoms with van der Waals surface area (Å²) in [5.74, 6) is 5.90. The van der Waals surface area contributed by atoms with Gasteiger partial charge in [-0.05, 0) is 25.3 Å². The number of carbonyl (C=O) groups is 1. The van der Waals surface area contributed by atoms with Crippen molar-refractivity contribution >= 4 is 17.2 Å². The number of amides is 1. The Morgan fingerprint density at radius 3 is 2.88 bits per heavy atom. The molecule has 0 atom stereocenters. The van der Waals surface area contributed by atoms with Crippen LogP contribution in [0.3, 0.4) is 0 Å².